The summed E-state index contributed by atoms with van der Waals surface area (Å²) in [6.07, 6.45) is 4.80. The van der Waals surface area contributed by atoms with Crippen LogP contribution < -0.4 is 38.9 Å². The van der Waals surface area contributed by atoms with Crippen molar-refractivity contribution in [1.82, 2.24) is 16.0 Å². The highest BCUT2D eigenvalue weighted by molar-refractivity contribution is 4.79. The summed E-state index contributed by atoms with van der Waals surface area (Å²) < 4.78 is 0. The minimum absolute atomic E-state index is 0.281. The van der Waals surface area contributed by atoms with Gasteiger partial charge in [-0.2, -0.15) is 0 Å². The first kappa shape index (κ1) is 20.7. The molecule has 0 aromatic heterocycles. The van der Waals surface area contributed by atoms with Gasteiger partial charge in [-0.3, -0.25) is 0 Å². The summed E-state index contributed by atoms with van der Waals surface area (Å²) in [6.45, 7) is 7.15. The standard InChI is InChI=1S/C8H23N5.C6H14N2/c9-1-3-11-5-7-13-8-6-12-4-2-10;7-5-3-1-2-4-6(5)8/h11-13H,1-10H2;5-6H,1-4,7-8H2. The van der Waals surface area contributed by atoms with Crippen LogP contribution >= 0.6 is 0 Å². The van der Waals surface area contributed by atoms with E-state index in [9.17, 15) is 0 Å². The van der Waals surface area contributed by atoms with Gasteiger partial charge in [0.05, 0.1) is 0 Å². The monoisotopic (exact) mass is 303 g/mol. The molecular weight excluding hydrogens is 266 g/mol. The highest BCUT2D eigenvalue weighted by atomic mass is 15.0. The van der Waals surface area contributed by atoms with Crippen molar-refractivity contribution in [1.29, 1.82) is 0 Å². The number of hydrogen-bond donors (Lipinski definition) is 7. The molecule has 1 fully saturated rings. The van der Waals surface area contributed by atoms with Gasteiger partial charge in [-0.15, -0.1) is 0 Å². The third-order valence-electron chi connectivity index (χ3n) is 3.47. The summed E-state index contributed by atoms with van der Waals surface area (Å²) in [7, 11) is 0. The van der Waals surface area contributed by atoms with Gasteiger partial charge in [0.1, 0.15) is 0 Å². The van der Waals surface area contributed by atoms with E-state index in [4.69, 9.17) is 22.9 Å². The smallest absolute Gasteiger partial charge is 0.0192 e. The van der Waals surface area contributed by atoms with Gasteiger partial charge in [0.2, 0.25) is 0 Å². The molecule has 0 heterocycles. The van der Waals surface area contributed by atoms with E-state index in [1.165, 1.54) is 12.8 Å². The predicted molar refractivity (Wildman–Crippen MR) is 91.1 cm³/mol. The number of hydrogen-bond acceptors (Lipinski definition) is 7. The van der Waals surface area contributed by atoms with Crippen LogP contribution in [0.5, 0.6) is 0 Å². The molecule has 128 valence electrons. The Balaban J connectivity index is 0.000000423. The molecule has 1 aliphatic carbocycles. The van der Waals surface area contributed by atoms with Crippen LogP contribution in [0, 0.1) is 0 Å². The van der Waals surface area contributed by atoms with E-state index in [0.717, 1.165) is 52.1 Å². The quantitative estimate of drug-likeness (QED) is 0.229. The Morgan fingerprint density at radius 3 is 1.24 bits per heavy atom. The molecule has 0 bridgehead atoms. The Kier molecular flexibility index (Phi) is 15.9. The fourth-order valence-electron chi connectivity index (χ4n) is 2.12. The van der Waals surface area contributed by atoms with Crippen LogP contribution in [0.4, 0.5) is 0 Å². The Morgan fingerprint density at radius 2 is 0.952 bits per heavy atom. The first-order valence-electron chi connectivity index (χ1n) is 8.25. The summed E-state index contributed by atoms with van der Waals surface area (Å²) in [5.41, 5.74) is 21.9. The summed E-state index contributed by atoms with van der Waals surface area (Å²) in [5, 5.41) is 9.71. The van der Waals surface area contributed by atoms with E-state index < -0.39 is 0 Å². The molecule has 1 saturated carbocycles. The zero-order valence-electron chi connectivity index (χ0n) is 13.4. The van der Waals surface area contributed by atoms with Gasteiger partial charge in [0.25, 0.3) is 0 Å². The number of rotatable bonds is 10. The zero-order valence-corrected chi connectivity index (χ0v) is 13.4. The molecule has 0 aromatic carbocycles. The van der Waals surface area contributed by atoms with Crippen LogP contribution in [0.2, 0.25) is 0 Å². The van der Waals surface area contributed by atoms with Gasteiger partial charge in [0.15, 0.2) is 0 Å². The molecule has 2 unspecified atom stereocenters. The lowest BCUT2D eigenvalue weighted by Crippen LogP contribution is -2.43. The molecule has 1 rings (SSSR count). The van der Waals surface area contributed by atoms with E-state index in [2.05, 4.69) is 16.0 Å². The van der Waals surface area contributed by atoms with E-state index in [0.29, 0.717) is 13.1 Å². The molecular formula is C14H37N7. The largest absolute Gasteiger partial charge is 0.329 e. The molecule has 0 amide bonds. The second-order valence-electron chi connectivity index (χ2n) is 5.44. The van der Waals surface area contributed by atoms with Crippen molar-refractivity contribution in [3.05, 3.63) is 0 Å². The van der Waals surface area contributed by atoms with Gasteiger partial charge in [-0.05, 0) is 12.8 Å². The lowest BCUT2D eigenvalue weighted by atomic mass is 9.92. The topological polar surface area (TPSA) is 140 Å². The third-order valence-corrected chi connectivity index (χ3v) is 3.47. The van der Waals surface area contributed by atoms with Crippen molar-refractivity contribution >= 4 is 0 Å². The highest BCUT2D eigenvalue weighted by Gasteiger charge is 2.16. The summed E-state index contributed by atoms with van der Waals surface area (Å²) in [6, 6.07) is 0.562. The van der Waals surface area contributed by atoms with Gasteiger partial charge in [0, 0.05) is 64.4 Å². The van der Waals surface area contributed by atoms with Crippen molar-refractivity contribution < 1.29 is 0 Å². The minimum Gasteiger partial charge on any atom is -0.329 e. The Morgan fingerprint density at radius 1 is 0.619 bits per heavy atom. The van der Waals surface area contributed by atoms with Crippen LogP contribution in [0.15, 0.2) is 0 Å². The van der Waals surface area contributed by atoms with Crippen LogP contribution in [-0.2, 0) is 0 Å². The second-order valence-corrected chi connectivity index (χ2v) is 5.44. The van der Waals surface area contributed by atoms with Crippen molar-refractivity contribution in [2.45, 2.75) is 37.8 Å². The number of nitrogens with two attached hydrogens (primary N) is 4. The van der Waals surface area contributed by atoms with Crippen molar-refractivity contribution in [3.63, 3.8) is 0 Å². The highest BCUT2D eigenvalue weighted by Crippen LogP contribution is 2.14. The molecule has 0 radical (unpaired) electrons. The van der Waals surface area contributed by atoms with Gasteiger partial charge in [-0.1, -0.05) is 12.8 Å². The molecule has 21 heavy (non-hydrogen) atoms. The summed E-state index contributed by atoms with van der Waals surface area (Å²) >= 11 is 0. The molecule has 1 aliphatic rings. The fraction of sp³-hybridized carbons (Fsp3) is 1.00. The van der Waals surface area contributed by atoms with E-state index in [1.807, 2.05) is 0 Å². The molecule has 7 heteroatoms. The summed E-state index contributed by atoms with van der Waals surface area (Å²) in [4.78, 5) is 0. The minimum atomic E-state index is 0.281. The van der Waals surface area contributed by atoms with Crippen LogP contribution in [-0.4, -0.2) is 64.4 Å². The molecule has 0 spiro atoms. The third kappa shape index (κ3) is 14.4. The predicted octanol–water partition coefficient (Wildman–Crippen LogP) is -2.11. The average molecular weight is 303 g/mol. The zero-order chi connectivity index (χ0) is 15.8. The Bertz CT molecular complexity index is 184. The van der Waals surface area contributed by atoms with Gasteiger partial charge < -0.3 is 38.9 Å². The van der Waals surface area contributed by atoms with E-state index in [1.54, 1.807) is 0 Å². The number of nitrogens with one attached hydrogen (secondary N) is 3. The normalized spacial score (nSPS) is 21.7. The molecule has 0 aliphatic heterocycles. The molecule has 2 atom stereocenters. The molecule has 11 N–H and O–H groups in total. The fourth-order valence-corrected chi connectivity index (χ4v) is 2.12. The van der Waals surface area contributed by atoms with Crippen LogP contribution in [0.25, 0.3) is 0 Å². The maximum atomic E-state index is 5.65. The molecule has 0 aromatic rings. The first-order chi connectivity index (χ1) is 10.2. The van der Waals surface area contributed by atoms with Gasteiger partial charge >= 0.3 is 0 Å². The van der Waals surface area contributed by atoms with E-state index in [-0.39, 0.29) is 12.1 Å². The lowest BCUT2D eigenvalue weighted by Gasteiger charge is -2.24. The van der Waals surface area contributed by atoms with Crippen molar-refractivity contribution in [2.24, 2.45) is 22.9 Å². The SMILES string of the molecule is NC1CCCCC1N.NCCNCCNCCNCCN. The van der Waals surface area contributed by atoms with Crippen molar-refractivity contribution in [3.8, 4) is 0 Å². The first-order valence-corrected chi connectivity index (χ1v) is 8.25. The summed E-state index contributed by atoms with van der Waals surface area (Å²) in [5.74, 6) is 0. The van der Waals surface area contributed by atoms with E-state index >= 15 is 0 Å². The van der Waals surface area contributed by atoms with Crippen LogP contribution in [0.1, 0.15) is 25.7 Å². The molecule has 0 saturated heterocycles. The maximum absolute atomic E-state index is 5.65. The van der Waals surface area contributed by atoms with Crippen molar-refractivity contribution in [2.75, 3.05) is 52.4 Å². The Labute approximate surface area is 129 Å². The Hall–Kier alpha value is -0.280. The van der Waals surface area contributed by atoms with Gasteiger partial charge in [-0.25, -0.2) is 0 Å². The van der Waals surface area contributed by atoms with Crippen LogP contribution in [0.3, 0.4) is 0 Å². The molecule has 7 nitrogen and oxygen atoms in total. The maximum Gasteiger partial charge on any atom is 0.0192 e. The second kappa shape index (κ2) is 16.1. The average Bonchev–Trinajstić information content (AvgIpc) is 2.49. The lowest BCUT2D eigenvalue weighted by molar-refractivity contribution is 0.385.